The van der Waals surface area contributed by atoms with Gasteiger partial charge in [-0.25, -0.2) is 4.39 Å². The maximum Gasteiger partial charge on any atom is 0.387 e. The highest BCUT2D eigenvalue weighted by Crippen LogP contribution is 2.29. The molecule has 0 aliphatic heterocycles. The highest BCUT2D eigenvalue weighted by atomic mass is 35.5. The smallest absolute Gasteiger partial charge is 0.387 e. The van der Waals surface area contributed by atoms with E-state index in [0.717, 1.165) is 0 Å². The molecule has 0 aliphatic rings. The van der Waals surface area contributed by atoms with Crippen LogP contribution in [0.25, 0.3) is 0 Å². The van der Waals surface area contributed by atoms with Crippen LogP contribution in [0.2, 0.25) is 5.02 Å². The van der Waals surface area contributed by atoms with E-state index in [1.165, 1.54) is 30.3 Å². The fourth-order valence-corrected chi connectivity index (χ4v) is 2.08. The third kappa shape index (κ3) is 4.12. The Bertz CT molecular complexity index is 620. The highest BCUT2D eigenvalue weighted by molar-refractivity contribution is 6.30. The molecule has 2 aromatic rings. The third-order valence-corrected chi connectivity index (χ3v) is 3.21. The van der Waals surface area contributed by atoms with Gasteiger partial charge in [-0.3, -0.25) is 0 Å². The number of benzene rings is 2. The Hall–Kier alpha value is -1.72. The van der Waals surface area contributed by atoms with E-state index in [0.29, 0.717) is 5.56 Å². The molecule has 0 fully saturated rings. The number of hydrogen-bond acceptors (Lipinski definition) is 2. The van der Waals surface area contributed by atoms with Crippen molar-refractivity contribution in [2.24, 2.45) is 0 Å². The predicted octanol–water partition coefficient (Wildman–Crippen LogP) is 4.36. The van der Waals surface area contributed by atoms with Crippen molar-refractivity contribution in [1.82, 2.24) is 0 Å². The SMILES string of the molecule is OC(Cc1ccc(Cl)c(F)c1)c1ccccc1OC(F)F. The molecule has 0 bridgehead atoms. The zero-order valence-corrected chi connectivity index (χ0v) is 11.5. The molecule has 0 aliphatic carbocycles. The average molecular weight is 317 g/mol. The van der Waals surface area contributed by atoms with E-state index in [2.05, 4.69) is 4.74 Å². The quantitative estimate of drug-likeness (QED) is 0.888. The summed E-state index contributed by atoms with van der Waals surface area (Å²) in [5.41, 5.74) is 0.712. The van der Waals surface area contributed by atoms with E-state index < -0.39 is 18.5 Å². The summed E-state index contributed by atoms with van der Waals surface area (Å²) in [6, 6.07) is 10.1. The molecule has 0 saturated heterocycles. The topological polar surface area (TPSA) is 29.5 Å². The first kappa shape index (κ1) is 15.7. The summed E-state index contributed by atoms with van der Waals surface area (Å²) in [5.74, 6) is -0.701. The molecule has 0 saturated carbocycles. The van der Waals surface area contributed by atoms with Crippen molar-refractivity contribution in [2.45, 2.75) is 19.1 Å². The van der Waals surface area contributed by atoms with Gasteiger partial charge in [0.1, 0.15) is 11.6 Å². The molecule has 2 rings (SSSR count). The van der Waals surface area contributed by atoms with Crippen molar-refractivity contribution in [3.63, 3.8) is 0 Å². The molecule has 2 nitrogen and oxygen atoms in total. The third-order valence-electron chi connectivity index (χ3n) is 2.91. The van der Waals surface area contributed by atoms with Crippen LogP contribution in [0.5, 0.6) is 5.75 Å². The summed E-state index contributed by atoms with van der Waals surface area (Å²) in [5, 5.41) is 10.1. The van der Waals surface area contributed by atoms with Gasteiger partial charge in [-0.2, -0.15) is 8.78 Å². The van der Waals surface area contributed by atoms with Crippen LogP contribution < -0.4 is 4.74 Å². The van der Waals surface area contributed by atoms with Crippen LogP contribution in [0.1, 0.15) is 17.2 Å². The molecule has 21 heavy (non-hydrogen) atoms. The molecule has 112 valence electrons. The van der Waals surface area contributed by atoms with Crippen molar-refractivity contribution in [3.8, 4) is 5.75 Å². The Morgan fingerprint density at radius 3 is 2.52 bits per heavy atom. The predicted molar refractivity (Wildman–Crippen MR) is 73.1 cm³/mol. The molecular weight excluding hydrogens is 305 g/mol. The van der Waals surface area contributed by atoms with Gasteiger partial charge in [-0.05, 0) is 23.8 Å². The fraction of sp³-hybridized carbons (Fsp3) is 0.200. The number of alkyl halides is 2. The summed E-state index contributed by atoms with van der Waals surface area (Å²) < 4.78 is 42.3. The van der Waals surface area contributed by atoms with Crippen molar-refractivity contribution in [2.75, 3.05) is 0 Å². The van der Waals surface area contributed by atoms with Gasteiger partial charge < -0.3 is 9.84 Å². The Labute approximate surface area is 124 Å². The second kappa shape index (κ2) is 6.83. The van der Waals surface area contributed by atoms with Crippen LogP contribution >= 0.6 is 11.6 Å². The first-order valence-corrected chi connectivity index (χ1v) is 6.51. The molecule has 1 N–H and O–H groups in total. The van der Waals surface area contributed by atoms with Gasteiger partial charge >= 0.3 is 6.61 Å². The summed E-state index contributed by atoms with van der Waals surface area (Å²) in [6.45, 7) is -2.98. The lowest BCUT2D eigenvalue weighted by Gasteiger charge is -2.16. The molecule has 1 atom stereocenters. The van der Waals surface area contributed by atoms with Gasteiger partial charge in [0.25, 0.3) is 0 Å². The zero-order valence-electron chi connectivity index (χ0n) is 10.8. The van der Waals surface area contributed by atoms with Crippen LogP contribution in [0.3, 0.4) is 0 Å². The Balaban J connectivity index is 2.19. The summed E-state index contributed by atoms with van der Waals surface area (Å²) >= 11 is 5.58. The molecule has 1 unspecified atom stereocenters. The first-order valence-electron chi connectivity index (χ1n) is 6.13. The van der Waals surface area contributed by atoms with Crippen LogP contribution in [0.15, 0.2) is 42.5 Å². The maximum absolute atomic E-state index is 13.3. The van der Waals surface area contributed by atoms with E-state index in [4.69, 9.17) is 11.6 Å². The standard InChI is InChI=1S/C15H12ClF3O2/c16-11-6-5-9(7-12(11)17)8-13(20)10-3-1-2-4-14(10)21-15(18)19/h1-7,13,15,20H,8H2. The molecule has 0 heterocycles. The summed E-state index contributed by atoms with van der Waals surface area (Å²) in [7, 11) is 0. The molecule has 0 amide bonds. The second-order valence-corrected chi connectivity index (χ2v) is 4.79. The van der Waals surface area contributed by atoms with E-state index >= 15 is 0 Å². The van der Waals surface area contributed by atoms with Gasteiger partial charge in [0.05, 0.1) is 11.1 Å². The van der Waals surface area contributed by atoms with Crippen LogP contribution in [0.4, 0.5) is 13.2 Å². The largest absolute Gasteiger partial charge is 0.434 e. The molecule has 2 aromatic carbocycles. The second-order valence-electron chi connectivity index (χ2n) is 4.38. The van der Waals surface area contributed by atoms with Gasteiger partial charge in [-0.15, -0.1) is 0 Å². The van der Waals surface area contributed by atoms with Crippen molar-refractivity contribution >= 4 is 11.6 Å². The number of ether oxygens (including phenoxy) is 1. The molecule has 6 heteroatoms. The van der Waals surface area contributed by atoms with Gasteiger partial charge in [-0.1, -0.05) is 35.9 Å². The maximum atomic E-state index is 13.3. The summed E-state index contributed by atoms with van der Waals surface area (Å²) in [4.78, 5) is 0. The first-order chi connectivity index (χ1) is 9.97. The van der Waals surface area contributed by atoms with Crippen molar-refractivity contribution in [1.29, 1.82) is 0 Å². The monoisotopic (exact) mass is 316 g/mol. The van der Waals surface area contributed by atoms with E-state index in [-0.39, 0.29) is 22.8 Å². The van der Waals surface area contributed by atoms with Gasteiger partial charge in [0.2, 0.25) is 0 Å². The lowest BCUT2D eigenvalue weighted by molar-refractivity contribution is -0.0515. The van der Waals surface area contributed by atoms with Gasteiger partial charge in [0.15, 0.2) is 0 Å². The minimum atomic E-state index is -2.98. The van der Waals surface area contributed by atoms with E-state index in [1.807, 2.05) is 0 Å². The Morgan fingerprint density at radius 2 is 1.86 bits per heavy atom. The van der Waals surface area contributed by atoms with Crippen LogP contribution in [-0.2, 0) is 6.42 Å². The number of rotatable bonds is 5. The minimum Gasteiger partial charge on any atom is -0.434 e. The van der Waals surface area contributed by atoms with Crippen molar-refractivity contribution in [3.05, 3.63) is 64.4 Å². The molecule has 0 aromatic heterocycles. The number of para-hydroxylation sites is 1. The zero-order chi connectivity index (χ0) is 15.4. The van der Waals surface area contributed by atoms with E-state index in [9.17, 15) is 18.3 Å². The lowest BCUT2D eigenvalue weighted by Crippen LogP contribution is -2.08. The Kier molecular flexibility index (Phi) is 5.09. The van der Waals surface area contributed by atoms with Crippen molar-refractivity contribution < 1.29 is 23.0 Å². The molecular formula is C15H12ClF3O2. The Morgan fingerprint density at radius 1 is 1.14 bits per heavy atom. The average Bonchev–Trinajstić information content (AvgIpc) is 2.43. The minimum absolute atomic E-state index is 0.0188. The van der Waals surface area contributed by atoms with Gasteiger partial charge in [0, 0.05) is 12.0 Å². The van der Waals surface area contributed by atoms with E-state index in [1.54, 1.807) is 12.1 Å². The molecule has 0 radical (unpaired) electrons. The number of hydrogen-bond donors (Lipinski definition) is 1. The van der Waals surface area contributed by atoms with Crippen LogP contribution in [0, 0.1) is 5.82 Å². The normalized spacial score (nSPS) is 12.5. The fourth-order valence-electron chi connectivity index (χ4n) is 1.96. The lowest BCUT2D eigenvalue weighted by atomic mass is 10.0. The number of halogens is 4. The highest BCUT2D eigenvalue weighted by Gasteiger charge is 2.17. The number of aliphatic hydroxyl groups excluding tert-OH is 1. The molecule has 0 spiro atoms. The summed E-state index contributed by atoms with van der Waals surface area (Å²) in [6.07, 6.45) is -1.04. The van der Waals surface area contributed by atoms with Crippen LogP contribution in [-0.4, -0.2) is 11.7 Å². The number of aliphatic hydroxyl groups is 1.